The monoisotopic (exact) mass is 512 g/mol. The van der Waals surface area contributed by atoms with E-state index in [4.69, 9.17) is 9.47 Å². The van der Waals surface area contributed by atoms with Gasteiger partial charge in [0.15, 0.2) is 23.7 Å². The van der Waals surface area contributed by atoms with Gasteiger partial charge in [-0.2, -0.15) is 8.78 Å². The van der Waals surface area contributed by atoms with Crippen molar-refractivity contribution >= 4 is 0 Å². The van der Waals surface area contributed by atoms with Gasteiger partial charge in [-0.05, 0) is 68.6 Å². The summed E-state index contributed by atoms with van der Waals surface area (Å²) in [7, 11) is 0. The Hall–Kier alpha value is -2.19. The molecule has 0 aromatic heterocycles. The molecule has 3 nitrogen and oxygen atoms in total. The second kappa shape index (κ2) is 11.9. The van der Waals surface area contributed by atoms with Crippen molar-refractivity contribution in [3.8, 4) is 5.75 Å². The maximum absolute atomic E-state index is 14.5. The summed E-state index contributed by atoms with van der Waals surface area (Å²) in [4.78, 5) is 0. The van der Waals surface area contributed by atoms with Crippen LogP contribution >= 0.6 is 0 Å². The normalized spacial score (nSPS) is 25.1. The van der Waals surface area contributed by atoms with Crippen molar-refractivity contribution in [2.24, 2.45) is 17.8 Å². The van der Waals surface area contributed by atoms with Crippen molar-refractivity contribution in [3.63, 3.8) is 0 Å². The minimum absolute atomic E-state index is 0.0848. The smallest absolute Gasteiger partial charge is 0.426 e. The molecule has 198 valence electrons. The Morgan fingerprint density at radius 1 is 0.861 bits per heavy atom. The second-order valence-electron chi connectivity index (χ2n) is 10.0. The zero-order valence-corrected chi connectivity index (χ0v) is 20.5. The molecule has 1 saturated carbocycles. The summed E-state index contributed by atoms with van der Waals surface area (Å²) in [5.41, 5.74) is 0.474. The van der Waals surface area contributed by atoms with Crippen molar-refractivity contribution in [3.05, 3.63) is 65.0 Å². The standard InChI is InChI=1S/C28H33F5O3/c1-2-3-20-16-34-27(35-17-20)21-10-6-18(7-11-21)4-5-19-8-12-22(13-9-19)28(32,33)36-23-14-24(29)26(31)25(30)15-23/h8-9,12-15,18,20-21,27H,2-7,10-11,16-17H2,1H3. The van der Waals surface area contributed by atoms with Gasteiger partial charge in [0.1, 0.15) is 5.75 Å². The molecule has 0 spiro atoms. The van der Waals surface area contributed by atoms with Crippen LogP contribution in [0.3, 0.4) is 0 Å². The molecule has 0 amide bonds. The largest absolute Gasteiger partial charge is 0.429 e. The van der Waals surface area contributed by atoms with E-state index in [0.717, 1.165) is 70.1 Å². The maximum atomic E-state index is 14.5. The molecule has 8 heteroatoms. The summed E-state index contributed by atoms with van der Waals surface area (Å²) in [6.07, 6.45) is 4.45. The van der Waals surface area contributed by atoms with Gasteiger partial charge >= 0.3 is 6.11 Å². The lowest BCUT2D eigenvalue weighted by molar-refractivity contribution is -0.230. The number of benzene rings is 2. The predicted octanol–water partition coefficient (Wildman–Crippen LogP) is 7.76. The molecule has 2 aromatic carbocycles. The molecular weight excluding hydrogens is 479 g/mol. The Morgan fingerprint density at radius 3 is 2.06 bits per heavy atom. The van der Waals surface area contributed by atoms with E-state index in [1.165, 1.54) is 12.1 Å². The molecule has 0 unspecified atom stereocenters. The van der Waals surface area contributed by atoms with Crippen LogP contribution in [0.5, 0.6) is 5.75 Å². The van der Waals surface area contributed by atoms with Gasteiger partial charge in [0.2, 0.25) is 0 Å². The molecule has 1 aliphatic carbocycles. The van der Waals surface area contributed by atoms with E-state index in [9.17, 15) is 22.0 Å². The first-order valence-electron chi connectivity index (χ1n) is 12.8. The highest BCUT2D eigenvalue weighted by Gasteiger charge is 2.35. The highest BCUT2D eigenvalue weighted by atomic mass is 19.3. The minimum Gasteiger partial charge on any atom is -0.429 e. The van der Waals surface area contributed by atoms with Gasteiger partial charge in [-0.15, -0.1) is 0 Å². The molecule has 0 atom stereocenters. The quantitative estimate of drug-likeness (QED) is 0.254. The number of hydrogen-bond acceptors (Lipinski definition) is 3. The summed E-state index contributed by atoms with van der Waals surface area (Å²) in [6.45, 7) is 3.75. The molecule has 2 aliphatic rings. The van der Waals surface area contributed by atoms with E-state index in [1.807, 2.05) is 0 Å². The Labute approximate surface area is 208 Å². The summed E-state index contributed by atoms with van der Waals surface area (Å²) in [5, 5.41) is 0. The van der Waals surface area contributed by atoms with Gasteiger partial charge in [-0.1, -0.05) is 25.5 Å². The zero-order valence-electron chi connectivity index (χ0n) is 20.5. The molecule has 2 fully saturated rings. The fourth-order valence-electron chi connectivity index (χ4n) is 5.19. The predicted molar refractivity (Wildman–Crippen MR) is 125 cm³/mol. The molecular formula is C28H33F5O3. The third-order valence-corrected chi connectivity index (χ3v) is 7.30. The Kier molecular flexibility index (Phi) is 8.88. The first kappa shape index (κ1) is 26.9. The first-order chi connectivity index (χ1) is 17.2. The van der Waals surface area contributed by atoms with Crippen LogP contribution in [0.25, 0.3) is 0 Å². The van der Waals surface area contributed by atoms with Crippen LogP contribution < -0.4 is 4.74 Å². The Morgan fingerprint density at radius 2 is 1.47 bits per heavy atom. The molecule has 1 heterocycles. The van der Waals surface area contributed by atoms with Gasteiger partial charge in [-0.3, -0.25) is 0 Å². The first-order valence-corrected chi connectivity index (χ1v) is 12.8. The van der Waals surface area contributed by atoms with Crippen LogP contribution in [-0.2, 0) is 22.0 Å². The second-order valence-corrected chi connectivity index (χ2v) is 10.0. The van der Waals surface area contributed by atoms with Crippen LogP contribution in [-0.4, -0.2) is 19.5 Å². The molecule has 0 N–H and O–H groups in total. The van der Waals surface area contributed by atoms with Crippen LogP contribution in [0, 0.1) is 35.2 Å². The van der Waals surface area contributed by atoms with Gasteiger partial charge < -0.3 is 14.2 Å². The van der Waals surface area contributed by atoms with Crippen LogP contribution in [0.4, 0.5) is 22.0 Å². The van der Waals surface area contributed by atoms with Crippen molar-refractivity contribution in [2.75, 3.05) is 13.2 Å². The lowest BCUT2D eigenvalue weighted by Gasteiger charge is -2.37. The van der Waals surface area contributed by atoms with Crippen molar-refractivity contribution < 1.29 is 36.2 Å². The molecule has 4 rings (SSSR count). The number of rotatable bonds is 9. The van der Waals surface area contributed by atoms with Crippen LogP contribution in [0.1, 0.15) is 63.0 Å². The van der Waals surface area contributed by atoms with Crippen molar-refractivity contribution in [1.82, 2.24) is 0 Å². The highest BCUT2D eigenvalue weighted by molar-refractivity contribution is 5.29. The van der Waals surface area contributed by atoms with Crippen molar-refractivity contribution in [1.29, 1.82) is 0 Å². The summed E-state index contributed by atoms with van der Waals surface area (Å²) < 4.78 is 85.1. The van der Waals surface area contributed by atoms with E-state index in [-0.39, 0.29) is 6.29 Å². The minimum atomic E-state index is -3.83. The zero-order chi connectivity index (χ0) is 25.7. The topological polar surface area (TPSA) is 27.7 Å². The van der Waals surface area contributed by atoms with Crippen LogP contribution in [0.2, 0.25) is 0 Å². The lowest BCUT2D eigenvalue weighted by Crippen LogP contribution is -2.38. The Bertz CT molecular complexity index is 958. The molecule has 0 bridgehead atoms. The third kappa shape index (κ3) is 6.76. The van der Waals surface area contributed by atoms with E-state index in [0.29, 0.717) is 29.9 Å². The van der Waals surface area contributed by atoms with E-state index in [1.54, 1.807) is 12.1 Å². The van der Waals surface area contributed by atoms with Gasteiger partial charge in [0.05, 0.1) is 18.8 Å². The maximum Gasteiger partial charge on any atom is 0.426 e. The molecule has 0 radical (unpaired) electrons. The number of ether oxygens (including phenoxy) is 3. The fourth-order valence-corrected chi connectivity index (χ4v) is 5.19. The van der Waals surface area contributed by atoms with E-state index in [2.05, 4.69) is 11.7 Å². The highest BCUT2D eigenvalue weighted by Crippen LogP contribution is 2.37. The third-order valence-electron chi connectivity index (χ3n) is 7.30. The van der Waals surface area contributed by atoms with Gasteiger partial charge in [-0.25, -0.2) is 13.2 Å². The van der Waals surface area contributed by atoms with Gasteiger partial charge in [0.25, 0.3) is 0 Å². The Balaban J connectivity index is 1.23. The summed E-state index contributed by atoms with van der Waals surface area (Å²) in [6, 6.07) is 6.50. The summed E-state index contributed by atoms with van der Waals surface area (Å²) in [5.74, 6) is -4.19. The van der Waals surface area contributed by atoms with Gasteiger partial charge in [0, 0.05) is 24.0 Å². The van der Waals surface area contributed by atoms with E-state index < -0.39 is 34.9 Å². The van der Waals surface area contributed by atoms with Crippen molar-refractivity contribution in [2.45, 2.75) is 70.7 Å². The molecule has 36 heavy (non-hydrogen) atoms. The SMILES string of the molecule is CCCC1COC(C2CCC(CCc3ccc(C(F)(F)Oc4cc(F)c(F)c(F)c4)cc3)CC2)OC1. The van der Waals surface area contributed by atoms with Crippen LogP contribution in [0.15, 0.2) is 36.4 Å². The molecule has 2 aromatic rings. The number of alkyl halides is 2. The summed E-state index contributed by atoms with van der Waals surface area (Å²) >= 11 is 0. The fraction of sp³-hybridized carbons (Fsp3) is 0.571. The lowest BCUT2D eigenvalue weighted by atomic mass is 9.79. The number of hydrogen-bond donors (Lipinski definition) is 0. The van der Waals surface area contributed by atoms with E-state index >= 15 is 0 Å². The average molecular weight is 513 g/mol. The molecule has 1 saturated heterocycles. The number of halogens is 5. The molecule has 1 aliphatic heterocycles. The number of aryl methyl sites for hydroxylation is 1. The average Bonchev–Trinajstić information content (AvgIpc) is 2.87.